The summed E-state index contributed by atoms with van der Waals surface area (Å²) in [7, 11) is 0. The highest BCUT2D eigenvalue weighted by Gasteiger charge is 2.21. The van der Waals surface area contributed by atoms with Gasteiger partial charge in [-0.3, -0.25) is 4.90 Å². The molecule has 82 valence electrons. The molecule has 1 aliphatic heterocycles. The molecular weight excluding hydrogens is 217 g/mol. The summed E-state index contributed by atoms with van der Waals surface area (Å²) in [5, 5.41) is 9.50. The van der Waals surface area contributed by atoms with Crippen LogP contribution in [-0.4, -0.2) is 29.2 Å². The standard InChI is InChI=1S/C11H13ClFNO/c12-10-3-1-2-8(11(10)13)6-14-5-4-9(15)7-14/h1-3,9,15H,4-7H2. The molecule has 1 unspecified atom stereocenters. The monoisotopic (exact) mass is 229 g/mol. The molecule has 1 fully saturated rings. The number of hydrogen-bond acceptors (Lipinski definition) is 2. The van der Waals surface area contributed by atoms with E-state index in [4.69, 9.17) is 11.6 Å². The molecule has 1 aromatic rings. The van der Waals surface area contributed by atoms with Crippen LogP contribution in [0, 0.1) is 5.82 Å². The number of aliphatic hydroxyl groups excluding tert-OH is 1. The fraction of sp³-hybridized carbons (Fsp3) is 0.455. The minimum atomic E-state index is -0.347. The van der Waals surface area contributed by atoms with Gasteiger partial charge in [-0.25, -0.2) is 4.39 Å². The van der Waals surface area contributed by atoms with E-state index in [1.165, 1.54) is 0 Å². The normalized spacial score (nSPS) is 22.2. The Kier molecular flexibility index (Phi) is 3.24. The number of hydrogen-bond donors (Lipinski definition) is 1. The zero-order valence-electron chi connectivity index (χ0n) is 8.29. The number of β-amino-alcohol motifs (C(OH)–C–C–N with tert-alkyl or cyclic N) is 1. The largest absolute Gasteiger partial charge is 0.392 e. The molecule has 0 aromatic heterocycles. The van der Waals surface area contributed by atoms with Gasteiger partial charge in [0.25, 0.3) is 0 Å². The summed E-state index contributed by atoms with van der Waals surface area (Å²) in [6.07, 6.45) is 0.495. The lowest BCUT2D eigenvalue weighted by molar-refractivity contribution is 0.174. The summed E-state index contributed by atoms with van der Waals surface area (Å²) in [6, 6.07) is 5.01. The molecule has 0 spiro atoms. The van der Waals surface area contributed by atoms with E-state index in [-0.39, 0.29) is 16.9 Å². The first-order chi connectivity index (χ1) is 7.16. The number of halogens is 2. The molecule has 4 heteroatoms. The van der Waals surface area contributed by atoms with Gasteiger partial charge in [0.1, 0.15) is 5.82 Å². The van der Waals surface area contributed by atoms with Crippen LogP contribution in [0.2, 0.25) is 5.02 Å². The van der Waals surface area contributed by atoms with Gasteiger partial charge in [-0.05, 0) is 12.5 Å². The van der Waals surface area contributed by atoms with Crippen molar-refractivity contribution in [2.45, 2.75) is 19.1 Å². The van der Waals surface area contributed by atoms with Gasteiger partial charge in [0.2, 0.25) is 0 Å². The maximum atomic E-state index is 13.5. The third-order valence-electron chi connectivity index (χ3n) is 2.67. The summed E-state index contributed by atoms with van der Waals surface area (Å²) < 4.78 is 13.5. The van der Waals surface area contributed by atoms with Crippen LogP contribution >= 0.6 is 11.6 Å². The fourth-order valence-corrected chi connectivity index (χ4v) is 2.06. The highest BCUT2D eigenvalue weighted by molar-refractivity contribution is 6.30. The van der Waals surface area contributed by atoms with E-state index in [1.807, 2.05) is 4.90 Å². The molecular formula is C11H13ClFNO. The third-order valence-corrected chi connectivity index (χ3v) is 2.96. The Morgan fingerprint density at radius 1 is 1.53 bits per heavy atom. The smallest absolute Gasteiger partial charge is 0.146 e. The molecule has 0 saturated carbocycles. The number of aliphatic hydroxyl groups is 1. The van der Waals surface area contributed by atoms with Crippen LogP contribution in [0.1, 0.15) is 12.0 Å². The lowest BCUT2D eigenvalue weighted by atomic mass is 10.2. The first-order valence-electron chi connectivity index (χ1n) is 5.00. The SMILES string of the molecule is OC1CCN(Cc2cccc(Cl)c2F)C1. The van der Waals surface area contributed by atoms with Crippen LogP contribution in [-0.2, 0) is 6.54 Å². The van der Waals surface area contributed by atoms with Crippen LogP contribution in [0.3, 0.4) is 0 Å². The Bertz CT molecular complexity index is 358. The van der Waals surface area contributed by atoms with E-state index < -0.39 is 0 Å². The van der Waals surface area contributed by atoms with Crippen molar-refractivity contribution >= 4 is 11.6 Å². The summed E-state index contributed by atoms with van der Waals surface area (Å²) in [5.74, 6) is -0.347. The highest BCUT2D eigenvalue weighted by atomic mass is 35.5. The van der Waals surface area contributed by atoms with Crippen molar-refractivity contribution in [3.8, 4) is 0 Å². The molecule has 15 heavy (non-hydrogen) atoms. The van der Waals surface area contributed by atoms with Crippen LogP contribution in [0.4, 0.5) is 4.39 Å². The second kappa shape index (κ2) is 4.47. The van der Waals surface area contributed by atoms with Crippen molar-refractivity contribution in [2.24, 2.45) is 0 Å². The van der Waals surface area contributed by atoms with E-state index in [2.05, 4.69) is 0 Å². The predicted molar refractivity (Wildman–Crippen MR) is 57.3 cm³/mol. The molecule has 1 N–H and O–H groups in total. The molecule has 0 aliphatic carbocycles. The van der Waals surface area contributed by atoms with Gasteiger partial charge in [-0.2, -0.15) is 0 Å². The van der Waals surface area contributed by atoms with Gasteiger partial charge in [0.15, 0.2) is 0 Å². The van der Waals surface area contributed by atoms with Crippen molar-refractivity contribution in [3.05, 3.63) is 34.6 Å². The summed E-state index contributed by atoms with van der Waals surface area (Å²) in [6.45, 7) is 1.95. The Labute approximate surface area is 93.3 Å². The van der Waals surface area contributed by atoms with Crippen LogP contribution in [0.5, 0.6) is 0 Å². The van der Waals surface area contributed by atoms with Gasteiger partial charge in [0.05, 0.1) is 11.1 Å². The van der Waals surface area contributed by atoms with Crippen molar-refractivity contribution < 1.29 is 9.50 Å². The summed E-state index contributed by atoms with van der Waals surface area (Å²) >= 11 is 5.69. The number of nitrogens with zero attached hydrogens (tertiary/aromatic N) is 1. The fourth-order valence-electron chi connectivity index (χ4n) is 1.87. The molecule has 1 atom stereocenters. The van der Waals surface area contributed by atoms with E-state index in [1.54, 1.807) is 18.2 Å². The average Bonchev–Trinajstić information content (AvgIpc) is 2.59. The van der Waals surface area contributed by atoms with Gasteiger partial charge in [0, 0.05) is 25.2 Å². The van der Waals surface area contributed by atoms with Crippen molar-refractivity contribution in [3.63, 3.8) is 0 Å². The topological polar surface area (TPSA) is 23.5 Å². The highest BCUT2D eigenvalue weighted by Crippen LogP contribution is 2.20. The molecule has 0 amide bonds. The Hall–Kier alpha value is -0.640. The lowest BCUT2D eigenvalue weighted by Gasteiger charge is -2.15. The van der Waals surface area contributed by atoms with Gasteiger partial charge in [-0.1, -0.05) is 23.7 Å². The number of likely N-dealkylation sites (tertiary alicyclic amines) is 1. The van der Waals surface area contributed by atoms with Crippen LogP contribution < -0.4 is 0 Å². The second-order valence-corrected chi connectivity index (χ2v) is 4.30. The maximum absolute atomic E-state index is 13.5. The van der Waals surface area contributed by atoms with Crippen LogP contribution in [0.25, 0.3) is 0 Å². The molecule has 2 nitrogen and oxygen atoms in total. The van der Waals surface area contributed by atoms with Crippen molar-refractivity contribution in [1.29, 1.82) is 0 Å². The summed E-state index contributed by atoms with van der Waals surface area (Å²) in [4.78, 5) is 2.03. The molecule has 1 aromatic carbocycles. The van der Waals surface area contributed by atoms with E-state index >= 15 is 0 Å². The Morgan fingerprint density at radius 3 is 3.00 bits per heavy atom. The van der Waals surface area contributed by atoms with Gasteiger partial charge < -0.3 is 5.11 Å². The molecule has 1 saturated heterocycles. The van der Waals surface area contributed by atoms with E-state index in [0.717, 1.165) is 13.0 Å². The number of benzene rings is 1. The minimum absolute atomic E-state index is 0.159. The molecule has 0 bridgehead atoms. The molecule has 1 heterocycles. The second-order valence-electron chi connectivity index (χ2n) is 3.89. The first-order valence-corrected chi connectivity index (χ1v) is 5.38. The summed E-state index contributed by atoms with van der Waals surface area (Å²) in [5.41, 5.74) is 0.594. The Morgan fingerprint density at radius 2 is 2.33 bits per heavy atom. The Balaban J connectivity index is 2.07. The average molecular weight is 230 g/mol. The van der Waals surface area contributed by atoms with Gasteiger partial charge >= 0.3 is 0 Å². The number of rotatable bonds is 2. The van der Waals surface area contributed by atoms with Crippen molar-refractivity contribution in [1.82, 2.24) is 4.90 Å². The van der Waals surface area contributed by atoms with Crippen LogP contribution in [0.15, 0.2) is 18.2 Å². The maximum Gasteiger partial charge on any atom is 0.146 e. The van der Waals surface area contributed by atoms with E-state index in [9.17, 15) is 9.50 Å². The van der Waals surface area contributed by atoms with Crippen molar-refractivity contribution in [2.75, 3.05) is 13.1 Å². The molecule has 1 aliphatic rings. The third kappa shape index (κ3) is 2.48. The molecule has 0 radical (unpaired) electrons. The predicted octanol–water partition coefficient (Wildman–Crippen LogP) is 2.05. The quantitative estimate of drug-likeness (QED) is 0.839. The zero-order chi connectivity index (χ0) is 10.8. The molecule has 2 rings (SSSR count). The first kappa shape index (κ1) is 10.9. The zero-order valence-corrected chi connectivity index (χ0v) is 9.04. The lowest BCUT2D eigenvalue weighted by Crippen LogP contribution is -2.22. The van der Waals surface area contributed by atoms with E-state index in [0.29, 0.717) is 18.7 Å². The minimum Gasteiger partial charge on any atom is -0.392 e. The van der Waals surface area contributed by atoms with Gasteiger partial charge in [-0.15, -0.1) is 0 Å².